The van der Waals surface area contributed by atoms with Gasteiger partial charge in [0.1, 0.15) is 11.3 Å². The Hall–Kier alpha value is -3.19. The first-order valence-electron chi connectivity index (χ1n) is 9.93. The van der Waals surface area contributed by atoms with Gasteiger partial charge in [-0.05, 0) is 37.4 Å². The molecule has 0 radical (unpaired) electrons. The molecule has 3 aromatic rings. The molecular weight excluding hydrogens is 368 g/mol. The van der Waals surface area contributed by atoms with Crippen LogP contribution in [0.2, 0.25) is 0 Å². The number of hydrogen-bond donors (Lipinski definition) is 2. The molecule has 2 aliphatic heterocycles. The van der Waals surface area contributed by atoms with E-state index in [1.54, 1.807) is 42.6 Å². The summed E-state index contributed by atoms with van der Waals surface area (Å²) in [4.78, 5) is 31.6. The van der Waals surface area contributed by atoms with Crippen LogP contribution in [0, 0.1) is 5.92 Å². The van der Waals surface area contributed by atoms with Crippen LogP contribution in [0.15, 0.2) is 53.1 Å². The zero-order valence-corrected chi connectivity index (χ0v) is 15.9. The number of carbonyl (C=O) groups excluding carboxylic acids is 2. The highest BCUT2D eigenvalue weighted by atomic mass is 16.4. The number of piperidine rings is 1. The molecule has 0 saturated carbocycles. The smallest absolute Gasteiger partial charge is 0.270 e. The van der Waals surface area contributed by atoms with Crippen molar-refractivity contribution >= 4 is 28.7 Å². The fourth-order valence-corrected chi connectivity index (χ4v) is 4.32. The van der Waals surface area contributed by atoms with Gasteiger partial charge in [0.05, 0.1) is 0 Å². The summed E-state index contributed by atoms with van der Waals surface area (Å²) in [7, 11) is 0. The lowest BCUT2D eigenvalue weighted by Gasteiger charge is -2.30. The Bertz CT molecular complexity index is 1050. The quantitative estimate of drug-likeness (QED) is 0.715. The molecule has 5 rings (SSSR count). The highest BCUT2D eigenvalue weighted by Gasteiger charge is 2.33. The second-order valence-corrected chi connectivity index (χ2v) is 7.86. The summed E-state index contributed by atoms with van der Waals surface area (Å²) in [6, 6.07) is 12.4. The van der Waals surface area contributed by atoms with E-state index >= 15 is 0 Å². The molecule has 148 valence electrons. The molecule has 1 unspecified atom stereocenters. The van der Waals surface area contributed by atoms with Gasteiger partial charge >= 0.3 is 0 Å². The van der Waals surface area contributed by atoms with Gasteiger partial charge in [0.15, 0.2) is 0 Å². The minimum Gasteiger partial charge on any atom is -0.440 e. The largest absolute Gasteiger partial charge is 0.440 e. The number of furan rings is 1. The summed E-state index contributed by atoms with van der Waals surface area (Å²) in [5.41, 5.74) is 1.38. The van der Waals surface area contributed by atoms with Crippen molar-refractivity contribution in [2.45, 2.75) is 18.9 Å². The number of aromatic nitrogens is 1. The number of rotatable bonds is 4. The van der Waals surface area contributed by atoms with Crippen molar-refractivity contribution < 1.29 is 14.0 Å². The highest BCUT2D eigenvalue weighted by molar-refractivity contribution is 6.04. The fourth-order valence-electron chi connectivity index (χ4n) is 4.32. The first kappa shape index (κ1) is 17.9. The number of anilines is 1. The Labute approximate surface area is 168 Å². The molecule has 2 N–H and O–H groups in total. The van der Waals surface area contributed by atoms with Gasteiger partial charge in [-0.2, -0.15) is 0 Å². The van der Waals surface area contributed by atoms with Crippen molar-refractivity contribution in [3.8, 4) is 0 Å². The molecule has 2 aliphatic rings. The first-order chi connectivity index (χ1) is 14.1. The summed E-state index contributed by atoms with van der Waals surface area (Å²) >= 11 is 0. The van der Waals surface area contributed by atoms with Crippen LogP contribution in [0.1, 0.15) is 33.7 Å². The lowest BCUT2D eigenvalue weighted by atomic mass is 9.97. The van der Waals surface area contributed by atoms with Crippen molar-refractivity contribution in [3.63, 3.8) is 0 Å². The van der Waals surface area contributed by atoms with Gasteiger partial charge in [0.2, 0.25) is 5.88 Å². The van der Waals surface area contributed by atoms with Crippen LogP contribution >= 0.6 is 0 Å². The van der Waals surface area contributed by atoms with Crippen LogP contribution in [-0.4, -0.2) is 47.4 Å². The highest BCUT2D eigenvalue weighted by Crippen LogP contribution is 2.27. The molecular formula is C22H22N4O3. The summed E-state index contributed by atoms with van der Waals surface area (Å²) in [5.74, 6) is 0.568. The predicted molar refractivity (Wildman–Crippen MR) is 109 cm³/mol. The van der Waals surface area contributed by atoms with Crippen molar-refractivity contribution in [1.82, 2.24) is 15.2 Å². The average Bonchev–Trinajstić information content (AvgIpc) is 3.29. The third kappa shape index (κ3) is 3.73. The molecule has 2 fully saturated rings. The normalized spacial score (nSPS) is 23.1. The van der Waals surface area contributed by atoms with Crippen LogP contribution < -0.4 is 10.6 Å². The van der Waals surface area contributed by atoms with Crippen LogP contribution in [0.4, 0.5) is 5.88 Å². The topological polar surface area (TPSA) is 87.5 Å². The molecule has 7 heteroatoms. The number of hydrogen-bond acceptors (Lipinski definition) is 5. The summed E-state index contributed by atoms with van der Waals surface area (Å²) < 4.78 is 5.72. The summed E-state index contributed by atoms with van der Waals surface area (Å²) in [5, 5.41) is 6.57. The Kier molecular flexibility index (Phi) is 4.52. The van der Waals surface area contributed by atoms with Crippen LogP contribution in [-0.2, 0) is 0 Å². The standard InChI is InChI=1S/C22H22N4O3/c27-21(15-4-2-1-3-5-15)25-20-9-16-11-23-18(10-19(16)29-20)22(28)24-17-8-14-6-7-26(12-14)13-17/h1-5,9-11,14,17H,6-8,12-13H2,(H,24,28)(H,25,27)/t14-,17+/m0/s1. The third-order valence-electron chi connectivity index (χ3n) is 5.71. The van der Waals surface area contributed by atoms with E-state index in [9.17, 15) is 9.59 Å². The molecule has 2 bridgehead atoms. The van der Waals surface area contributed by atoms with E-state index in [0.717, 1.165) is 31.4 Å². The maximum Gasteiger partial charge on any atom is 0.270 e. The summed E-state index contributed by atoms with van der Waals surface area (Å²) in [6.07, 6.45) is 3.85. The molecule has 2 amide bonds. The molecule has 2 saturated heterocycles. The minimum absolute atomic E-state index is 0.165. The molecule has 1 aromatic carbocycles. The second-order valence-electron chi connectivity index (χ2n) is 7.86. The lowest BCUT2D eigenvalue weighted by Crippen LogP contribution is -2.47. The number of amides is 2. The van der Waals surface area contributed by atoms with Gasteiger partial charge in [-0.1, -0.05) is 18.2 Å². The second kappa shape index (κ2) is 7.33. The number of nitrogens with zero attached hydrogens (tertiary/aromatic N) is 2. The summed E-state index contributed by atoms with van der Waals surface area (Å²) in [6.45, 7) is 3.19. The van der Waals surface area contributed by atoms with E-state index in [2.05, 4.69) is 20.5 Å². The van der Waals surface area contributed by atoms with E-state index in [-0.39, 0.29) is 17.9 Å². The number of fused-ring (bicyclic) bond motifs is 3. The van der Waals surface area contributed by atoms with Gasteiger partial charge in [0, 0.05) is 48.4 Å². The average molecular weight is 390 g/mol. The van der Waals surface area contributed by atoms with Crippen molar-refractivity contribution in [2.75, 3.05) is 25.0 Å². The molecule has 29 heavy (non-hydrogen) atoms. The Balaban J connectivity index is 1.29. The first-order valence-corrected chi connectivity index (χ1v) is 9.93. The van der Waals surface area contributed by atoms with Gasteiger partial charge < -0.3 is 14.6 Å². The van der Waals surface area contributed by atoms with E-state index in [1.165, 1.54) is 6.42 Å². The number of nitrogens with one attached hydrogen (secondary N) is 2. The Morgan fingerprint density at radius 3 is 2.79 bits per heavy atom. The third-order valence-corrected chi connectivity index (χ3v) is 5.71. The van der Waals surface area contributed by atoms with E-state index in [0.29, 0.717) is 28.6 Å². The zero-order valence-electron chi connectivity index (χ0n) is 15.9. The zero-order chi connectivity index (χ0) is 19.8. The van der Waals surface area contributed by atoms with Crippen LogP contribution in [0.3, 0.4) is 0 Å². The molecule has 7 nitrogen and oxygen atoms in total. The maximum absolute atomic E-state index is 12.7. The molecule has 3 atom stereocenters. The van der Waals surface area contributed by atoms with E-state index in [1.807, 2.05) is 6.07 Å². The van der Waals surface area contributed by atoms with Gasteiger partial charge in [-0.15, -0.1) is 0 Å². The number of pyridine rings is 1. The van der Waals surface area contributed by atoms with Gasteiger partial charge in [-0.3, -0.25) is 19.9 Å². The van der Waals surface area contributed by atoms with Crippen LogP contribution in [0.25, 0.3) is 11.0 Å². The van der Waals surface area contributed by atoms with Gasteiger partial charge in [-0.25, -0.2) is 0 Å². The lowest BCUT2D eigenvalue weighted by molar-refractivity contribution is 0.0903. The van der Waals surface area contributed by atoms with Crippen molar-refractivity contribution in [3.05, 3.63) is 59.9 Å². The monoisotopic (exact) mass is 390 g/mol. The van der Waals surface area contributed by atoms with Crippen LogP contribution in [0.5, 0.6) is 0 Å². The van der Waals surface area contributed by atoms with Gasteiger partial charge in [0.25, 0.3) is 11.8 Å². The number of benzene rings is 1. The van der Waals surface area contributed by atoms with Crippen molar-refractivity contribution in [1.29, 1.82) is 0 Å². The minimum atomic E-state index is -0.252. The Morgan fingerprint density at radius 2 is 1.97 bits per heavy atom. The maximum atomic E-state index is 12.7. The molecule has 0 spiro atoms. The predicted octanol–water partition coefficient (Wildman–Crippen LogP) is 2.90. The molecule has 4 heterocycles. The van der Waals surface area contributed by atoms with E-state index < -0.39 is 0 Å². The van der Waals surface area contributed by atoms with Crippen molar-refractivity contribution in [2.24, 2.45) is 5.92 Å². The molecule has 2 aromatic heterocycles. The SMILES string of the molecule is O=C(Nc1cc2cnc(C(=O)N[C@@H]3C[C@@H]4CCN(C4)C3)cc2o1)c1ccccc1. The molecule has 0 aliphatic carbocycles. The van der Waals surface area contributed by atoms with E-state index in [4.69, 9.17) is 4.42 Å². The number of carbonyl (C=O) groups is 2. The fraction of sp³-hybridized carbons (Fsp3) is 0.318. The Morgan fingerprint density at radius 1 is 1.10 bits per heavy atom.